The number of hydrogen-bond acceptors (Lipinski definition) is 8. The summed E-state index contributed by atoms with van der Waals surface area (Å²) in [6.07, 6.45) is 8.59. The van der Waals surface area contributed by atoms with Crippen LogP contribution in [-0.2, 0) is 11.8 Å². The van der Waals surface area contributed by atoms with Crippen LogP contribution in [0.2, 0.25) is 0 Å². The van der Waals surface area contributed by atoms with Crippen molar-refractivity contribution in [1.82, 2.24) is 34.9 Å². The van der Waals surface area contributed by atoms with Gasteiger partial charge in [-0.3, -0.25) is 4.79 Å². The number of aromatic nitrogens is 7. The lowest BCUT2D eigenvalue weighted by Gasteiger charge is -2.12. The maximum Gasteiger partial charge on any atom is 0.260 e. The van der Waals surface area contributed by atoms with E-state index in [0.29, 0.717) is 39.6 Å². The van der Waals surface area contributed by atoms with Crippen LogP contribution in [0, 0.1) is 0 Å². The van der Waals surface area contributed by atoms with E-state index < -0.39 is 5.92 Å². The molecule has 0 aromatic carbocycles. The van der Waals surface area contributed by atoms with Crippen molar-refractivity contribution < 1.29 is 9.53 Å². The summed E-state index contributed by atoms with van der Waals surface area (Å²) in [5, 5.41) is 8.89. The molecule has 1 amide bonds. The Labute approximate surface area is 159 Å². The molecule has 5 rings (SSSR count). The molecule has 0 N–H and O–H groups in total. The van der Waals surface area contributed by atoms with Gasteiger partial charge >= 0.3 is 0 Å². The van der Waals surface area contributed by atoms with Gasteiger partial charge in [0.25, 0.3) is 5.91 Å². The van der Waals surface area contributed by atoms with Gasteiger partial charge < -0.3 is 4.74 Å². The van der Waals surface area contributed by atoms with Gasteiger partial charge in [0.05, 0.1) is 24.7 Å². The molecule has 4 heterocycles. The van der Waals surface area contributed by atoms with E-state index in [1.165, 1.54) is 11.1 Å². The average molecular weight is 376 g/mol. The van der Waals surface area contributed by atoms with E-state index in [2.05, 4.69) is 35.1 Å². The SMILES string of the molecule is COc1ncnc(C2CC2)c1-c1ncc2c(n1)=NC(=O)C(c1cnn(C)n1)C=2. The Hall–Kier alpha value is -3.56. The summed E-state index contributed by atoms with van der Waals surface area (Å²) >= 11 is 0. The van der Waals surface area contributed by atoms with E-state index in [1.54, 1.807) is 32.6 Å². The zero-order valence-corrected chi connectivity index (χ0v) is 15.3. The van der Waals surface area contributed by atoms with Crippen molar-refractivity contribution in [3.8, 4) is 17.3 Å². The van der Waals surface area contributed by atoms with E-state index in [4.69, 9.17) is 4.74 Å². The lowest BCUT2D eigenvalue weighted by Crippen LogP contribution is -2.36. The van der Waals surface area contributed by atoms with Crippen molar-refractivity contribution in [2.24, 2.45) is 12.0 Å². The molecule has 1 saturated carbocycles. The van der Waals surface area contributed by atoms with Crippen LogP contribution in [0.1, 0.15) is 36.1 Å². The monoisotopic (exact) mass is 376 g/mol. The molecule has 0 spiro atoms. The van der Waals surface area contributed by atoms with Crippen molar-refractivity contribution >= 4 is 12.0 Å². The minimum atomic E-state index is -0.590. The fraction of sp³-hybridized carbons (Fsp3) is 0.333. The Morgan fingerprint density at radius 3 is 2.75 bits per heavy atom. The fourth-order valence-corrected chi connectivity index (χ4v) is 3.26. The second kappa shape index (κ2) is 6.25. The Balaban J connectivity index is 1.63. The van der Waals surface area contributed by atoms with Crippen LogP contribution >= 0.6 is 0 Å². The Bertz CT molecular complexity index is 1210. The number of hydrogen-bond donors (Lipinski definition) is 0. The van der Waals surface area contributed by atoms with Crippen molar-refractivity contribution in [3.63, 3.8) is 0 Å². The highest BCUT2D eigenvalue weighted by molar-refractivity contribution is 5.90. The summed E-state index contributed by atoms with van der Waals surface area (Å²) in [5.41, 5.74) is 2.40. The maximum atomic E-state index is 12.5. The van der Waals surface area contributed by atoms with Crippen molar-refractivity contribution in [1.29, 1.82) is 0 Å². The number of aryl methyl sites for hydroxylation is 1. The zero-order chi connectivity index (χ0) is 19.3. The van der Waals surface area contributed by atoms with Crippen LogP contribution in [0.4, 0.5) is 0 Å². The van der Waals surface area contributed by atoms with Gasteiger partial charge in [0.2, 0.25) is 5.88 Å². The number of methoxy groups -OCH3 is 1. The first-order valence-corrected chi connectivity index (χ1v) is 8.87. The zero-order valence-electron chi connectivity index (χ0n) is 15.3. The standard InChI is InChI=1S/C18H16N8O2/c1-26-22-7-12(25-26)11-5-10-6-19-16(23-15(10)24-17(11)27)13-14(9-3-4-9)20-8-21-18(13)28-2/h5-9,11H,3-4H2,1-2H3. The topological polar surface area (TPSA) is 121 Å². The quantitative estimate of drug-likeness (QED) is 0.607. The van der Waals surface area contributed by atoms with Crippen LogP contribution in [-0.4, -0.2) is 47.9 Å². The minimum absolute atomic E-state index is 0.322. The summed E-state index contributed by atoms with van der Waals surface area (Å²) < 4.78 is 5.41. The molecule has 0 radical (unpaired) electrons. The van der Waals surface area contributed by atoms with Crippen LogP contribution < -0.4 is 15.4 Å². The molecule has 140 valence electrons. The van der Waals surface area contributed by atoms with Gasteiger partial charge in [-0.25, -0.2) is 19.9 Å². The molecule has 1 aliphatic carbocycles. The van der Waals surface area contributed by atoms with Crippen LogP contribution in [0.15, 0.2) is 23.7 Å². The van der Waals surface area contributed by atoms with E-state index in [-0.39, 0.29) is 5.91 Å². The smallest absolute Gasteiger partial charge is 0.260 e. The van der Waals surface area contributed by atoms with Gasteiger partial charge in [-0.1, -0.05) is 6.08 Å². The summed E-state index contributed by atoms with van der Waals surface area (Å²) in [6, 6.07) is 0. The van der Waals surface area contributed by atoms with Crippen LogP contribution in [0.5, 0.6) is 5.88 Å². The Morgan fingerprint density at radius 2 is 2.04 bits per heavy atom. The summed E-state index contributed by atoms with van der Waals surface area (Å²) in [5.74, 6) is 0.253. The summed E-state index contributed by atoms with van der Waals surface area (Å²) in [7, 11) is 3.25. The molecule has 1 aliphatic heterocycles. The minimum Gasteiger partial charge on any atom is -0.480 e. The van der Waals surface area contributed by atoms with Gasteiger partial charge in [0.15, 0.2) is 11.3 Å². The van der Waals surface area contributed by atoms with Crippen molar-refractivity contribution in [2.75, 3.05) is 7.11 Å². The van der Waals surface area contributed by atoms with E-state index in [9.17, 15) is 4.79 Å². The number of carbonyl (C=O) groups excluding carboxylic acids is 1. The first kappa shape index (κ1) is 16.6. The van der Waals surface area contributed by atoms with Crippen LogP contribution in [0.25, 0.3) is 17.5 Å². The number of rotatable bonds is 4. The van der Waals surface area contributed by atoms with Gasteiger partial charge in [0.1, 0.15) is 17.8 Å². The third kappa shape index (κ3) is 2.73. The highest BCUT2D eigenvalue weighted by atomic mass is 16.5. The lowest BCUT2D eigenvalue weighted by atomic mass is 10.0. The van der Waals surface area contributed by atoms with E-state index in [0.717, 1.165) is 18.5 Å². The molecule has 0 saturated heterocycles. The maximum absolute atomic E-state index is 12.5. The number of carbonyl (C=O) groups is 1. The average Bonchev–Trinajstić information content (AvgIpc) is 3.47. The number of ether oxygens (including phenoxy) is 1. The van der Waals surface area contributed by atoms with Gasteiger partial charge in [-0.15, -0.1) is 0 Å². The molecule has 10 nitrogen and oxygen atoms in total. The normalized spacial score (nSPS) is 18.2. The predicted octanol–water partition coefficient (Wildman–Crippen LogP) is -0.328. The summed E-state index contributed by atoms with van der Waals surface area (Å²) in [4.78, 5) is 35.7. The Kier molecular flexibility index (Phi) is 3.71. The molecule has 1 unspecified atom stereocenters. The Morgan fingerprint density at radius 1 is 1.18 bits per heavy atom. The molecule has 2 aliphatic rings. The van der Waals surface area contributed by atoms with Crippen molar-refractivity contribution in [2.45, 2.75) is 24.7 Å². The number of amides is 1. The number of fused-ring (bicyclic) bond motifs is 1. The molecule has 3 aromatic rings. The molecule has 1 fully saturated rings. The largest absolute Gasteiger partial charge is 0.480 e. The lowest BCUT2D eigenvalue weighted by molar-refractivity contribution is -0.118. The molecule has 0 bridgehead atoms. The first-order valence-electron chi connectivity index (χ1n) is 8.87. The predicted molar refractivity (Wildman–Crippen MR) is 95.6 cm³/mol. The molecule has 10 heteroatoms. The van der Waals surface area contributed by atoms with Gasteiger partial charge in [-0.2, -0.15) is 20.0 Å². The summed E-state index contributed by atoms with van der Waals surface area (Å²) in [6.45, 7) is 0. The fourth-order valence-electron chi connectivity index (χ4n) is 3.26. The first-order chi connectivity index (χ1) is 13.6. The molecule has 1 atom stereocenters. The third-order valence-corrected chi connectivity index (χ3v) is 4.78. The van der Waals surface area contributed by atoms with E-state index >= 15 is 0 Å². The molecule has 28 heavy (non-hydrogen) atoms. The number of nitrogens with zero attached hydrogens (tertiary/aromatic N) is 8. The highest BCUT2D eigenvalue weighted by Crippen LogP contribution is 2.44. The third-order valence-electron chi connectivity index (χ3n) is 4.78. The van der Waals surface area contributed by atoms with Crippen molar-refractivity contribution in [3.05, 3.63) is 40.8 Å². The van der Waals surface area contributed by atoms with Crippen LogP contribution in [0.3, 0.4) is 0 Å². The molecule has 3 aromatic heterocycles. The molecular formula is C18H16N8O2. The second-order valence-electron chi connectivity index (χ2n) is 6.74. The van der Waals surface area contributed by atoms with Gasteiger partial charge in [0, 0.05) is 24.4 Å². The second-order valence-corrected chi connectivity index (χ2v) is 6.74. The van der Waals surface area contributed by atoms with Gasteiger partial charge in [-0.05, 0) is 12.8 Å². The molecular weight excluding hydrogens is 360 g/mol. The highest BCUT2D eigenvalue weighted by Gasteiger charge is 2.31. The van der Waals surface area contributed by atoms with E-state index in [1.807, 2.05) is 0 Å².